The third kappa shape index (κ3) is 6.67. The van der Waals surface area contributed by atoms with Crippen molar-refractivity contribution in [3.05, 3.63) is 59.7 Å². The molecule has 6 heteroatoms. The molecule has 144 valence electrons. The first-order valence-corrected chi connectivity index (χ1v) is 8.61. The van der Waals surface area contributed by atoms with Crippen LogP contribution in [-0.4, -0.2) is 44.6 Å². The van der Waals surface area contributed by atoms with Crippen LogP contribution in [0.1, 0.15) is 22.8 Å². The topological polar surface area (TPSA) is 74.2 Å². The molecular weight excluding hydrogens is 348 g/mol. The molecule has 0 aromatic heterocycles. The predicted octanol–water partition coefficient (Wildman–Crippen LogP) is 3.90. The number of hydrogen-bond donors (Lipinski definition) is 1. The molecule has 0 spiro atoms. The van der Waals surface area contributed by atoms with Gasteiger partial charge in [-0.2, -0.15) is 0 Å². The van der Waals surface area contributed by atoms with E-state index in [-0.39, 0.29) is 5.56 Å². The molecule has 0 amide bonds. The fourth-order valence-electron chi connectivity index (χ4n) is 2.32. The lowest BCUT2D eigenvalue weighted by Crippen LogP contribution is -2.12. The minimum atomic E-state index is -0.960. The number of allylic oxidation sites excluding steroid dienone is 1. The standard InChI is InChI=1S/C21H24O6/c1-3-4-16-5-10-19(20(15-16)24-2)27-14-12-25-11-13-26-18-8-6-17(7-9-18)21(22)23/h3-10,15H,11-14H2,1-2H3,(H,22,23). The molecular formula is C21H24O6. The first-order valence-electron chi connectivity index (χ1n) is 8.61. The summed E-state index contributed by atoms with van der Waals surface area (Å²) in [5, 5.41) is 8.84. The SMILES string of the molecule is CC=Cc1ccc(OCCOCCOc2ccc(C(=O)O)cc2)c(OC)c1. The summed E-state index contributed by atoms with van der Waals surface area (Å²) >= 11 is 0. The number of methoxy groups -OCH3 is 1. The normalized spacial score (nSPS) is 10.7. The zero-order valence-electron chi connectivity index (χ0n) is 15.5. The Labute approximate surface area is 158 Å². The third-order valence-electron chi connectivity index (χ3n) is 3.63. The van der Waals surface area contributed by atoms with Gasteiger partial charge in [0.25, 0.3) is 0 Å². The van der Waals surface area contributed by atoms with Crippen molar-refractivity contribution >= 4 is 12.0 Å². The van der Waals surface area contributed by atoms with Crippen molar-refractivity contribution in [2.24, 2.45) is 0 Å². The van der Waals surface area contributed by atoms with Crippen LogP contribution in [0.2, 0.25) is 0 Å². The molecule has 0 aliphatic carbocycles. The van der Waals surface area contributed by atoms with E-state index in [9.17, 15) is 4.79 Å². The second-order valence-electron chi connectivity index (χ2n) is 5.55. The van der Waals surface area contributed by atoms with Gasteiger partial charge in [0.1, 0.15) is 19.0 Å². The Morgan fingerprint density at radius 1 is 0.963 bits per heavy atom. The van der Waals surface area contributed by atoms with E-state index in [2.05, 4.69) is 0 Å². The van der Waals surface area contributed by atoms with E-state index in [0.717, 1.165) is 5.56 Å². The van der Waals surface area contributed by atoms with Crippen LogP contribution >= 0.6 is 0 Å². The lowest BCUT2D eigenvalue weighted by atomic mass is 10.2. The van der Waals surface area contributed by atoms with Gasteiger partial charge in [0.2, 0.25) is 0 Å². The van der Waals surface area contributed by atoms with Gasteiger partial charge >= 0.3 is 5.97 Å². The van der Waals surface area contributed by atoms with Crippen LogP contribution in [0.4, 0.5) is 0 Å². The number of carboxylic acid groups (broad SMARTS) is 1. The summed E-state index contributed by atoms with van der Waals surface area (Å²) in [5.41, 5.74) is 1.27. The summed E-state index contributed by atoms with van der Waals surface area (Å²) in [6.45, 7) is 3.55. The average molecular weight is 372 g/mol. The van der Waals surface area contributed by atoms with Crippen LogP contribution in [0.15, 0.2) is 48.5 Å². The van der Waals surface area contributed by atoms with Crippen LogP contribution < -0.4 is 14.2 Å². The molecule has 27 heavy (non-hydrogen) atoms. The molecule has 0 bridgehead atoms. The highest BCUT2D eigenvalue weighted by Gasteiger charge is 2.05. The molecule has 0 fully saturated rings. The van der Waals surface area contributed by atoms with Crippen LogP contribution in [0.25, 0.3) is 6.08 Å². The molecule has 0 radical (unpaired) electrons. The number of ether oxygens (including phenoxy) is 4. The van der Waals surface area contributed by atoms with Crippen molar-refractivity contribution < 1.29 is 28.8 Å². The number of carboxylic acids is 1. The molecule has 0 heterocycles. The molecule has 2 aromatic rings. The second-order valence-corrected chi connectivity index (χ2v) is 5.55. The Balaban J connectivity index is 1.65. The van der Waals surface area contributed by atoms with E-state index >= 15 is 0 Å². The number of aromatic carboxylic acids is 1. The fraction of sp³-hybridized carbons (Fsp3) is 0.286. The van der Waals surface area contributed by atoms with E-state index < -0.39 is 5.97 Å². The molecule has 0 aliphatic rings. The van der Waals surface area contributed by atoms with Crippen LogP contribution in [-0.2, 0) is 4.74 Å². The maximum Gasteiger partial charge on any atom is 0.335 e. The molecule has 0 aliphatic heterocycles. The molecule has 0 unspecified atom stereocenters. The van der Waals surface area contributed by atoms with Gasteiger partial charge in [0, 0.05) is 0 Å². The maximum absolute atomic E-state index is 10.8. The summed E-state index contributed by atoms with van der Waals surface area (Å²) in [6.07, 6.45) is 3.95. The van der Waals surface area contributed by atoms with Crippen molar-refractivity contribution in [2.45, 2.75) is 6.92 Å². The van der Waals surface area contributed by atoms with Gasteiger partial charge in [-0.15, -0.1) is 0 Å². The third-order valence-corrected chi connectivity index (χ3v) is 3.63. The summed E-state index contributed by atoms with van der Waals surface area (Å²) in [5.74, 6) is 0.992. The summed E-state index contributed by atoms with van der Waals surface area (Å²) < 4.78 is 22.0. The maximum atomic E-state index is 10.8. The Kier molecular flexibility index (Phi) is 8.19. The smallest absolute Gasteiger partial charge is 0.335 e. The molecule has 0 atom stereocenters. The largest absolute Gasteiger partial charge is 0.493 e. The van der Waals surface area contributed by atoms with Crippen molar-refractivity contribution in [3.63, 3.8) is 0 Å². The summed E-state index contributed by atoms with van der Waals surface area (Å²) in [4.78, 5) is 10.8. The van der Waals surface area contributed by atoms with E-state index in [1.54, 1.807) is 19.2 Å². The first kappa shape index (κ1) is 20.3. The number of hydrogen-bond acceptors (Lipinski definition) is 5. The Morgan fingerprint density at radius 2 is 1.67 bits per heavy atom. The lowest BCUT2D eigenvalue weighted by Gasteiger charge is -2.12. The number of benzene rings is 2. The minimum Gasteiger partial charge on any atom is -0.493 e. The van der Waals surface area contributed by atoms with Gasteiger partial charge in [-0.25, -0.2) is 4.79 Å². The van der Waals surface area contributed by atoms with E-state index in [4.69, 9.17) is 24.1 Å². The number of carbonyl (C=O) groups is 1. The molecule has 0 saturated heterocycles. The zero-order chi connectivity index (χ0) is 19.5. The van der Waals surface area contributed by atoms with Crippen LogP contribution in [0.3, 0.4) is 0 Å². The summed E-state index contributed by atoms with van der Waals surface area (Å²) in [7, 11) is 1.61. The highest BCUT2D eigenvalue weighted by atomic mass is 16.6. The van der Waals surface area contributed by atoms with Crippen molar-refractivity contribution in [2.75, 3.05) is 33.5 Å². The van der Waals surface area contributed by atoms with Gasteiger partial charge in [0.15, 0.2) is 11.5 Å². The van der Waals surface area contributed by atoms with Crippen LogP contribution in [0.5, 0.6) is 17.2 Å². The van der Waals surface area contributed by atoms with Crippen molar-refractivity contribution in [1.82, 2.24) is 0 Å². The monoisotopic (exact) mass is 372 g/mol. The molecule has 0 saturated carbocycles. The average Bonchev–Trinajstić information content (AvgIpc) is 2.68. The highest BCUT2D eigenvalue weighted by molar-refractivity contribution is 5.87. The fourth-order valence-corrected chi connectivity index (χ4v) is 2.32. The molecule has 6 nitrogen and oxygen atoms in total. The Morgan fingerprint density at radius 3 is 2.30 bits per heavy atom. The summed E-state index contributed by atoms with van der Waals surface area (Å²) in [6, 6.07) is 12.0. The molecule has 1 N–H and O–H groups in total. The zero-order valence-corrected chi connectivity index (χ0v) is 15.5. The quantitative estimate of drug-likeness (QED) is 0.603. The van der Waals surface area contributed by atoms with Crippen molar-refractivity contribution in [3.8, 4) is 17.2 Å². The molecule has 2 rings (SSSR count). The van der Waals surface area contributed by atoms with E-state index in [1.807, 2.05) is 37.3 Å². The first-order chi connectivity index (χ1) is 13.1. The van der Waals surface area contributed by atoms with Crippen molar-refractivity contribution in [1.29, 1.82) is 0 Å². The predicted molar refractivity (Wildman–Crippen MR) is 103 cm³/mol. The number of rotatable bonds is 11. The second kappa shape index (κ2) is 10.9. The lowest BCUT2D eigenvalue weighted by molar-refractivity contribution is 0.0696. The van der Waals surface area contributed by atoms with E-state index in [1.165, 1.54) is 12.1 Å². The van der Waals surface area contributed by atoms with Gasteiger partial charge < -0.3 is 24.1 Å². The Hall–Kier alpha value is -2.99. The van der Waals surface area contributed by atoms with Gasteiger partial charge in [-0.1, -0.05) is 18.2 Å². The van der Waals surface area contributed by atoms with Crippen LogP contribution in [0, 0.1) is 0 Å². The minimum absolute atomic E-state index is 0.227. The van der Waals surface area contributed by atoms with E-state index in [0.29, 0.717) is 43.7 Å². The molecule has 2 aromatic carbocycles. The Bertz CT molecular complexity index is 752. The van der Waals surface area contributed by atoms with Gasteiger partial charge in [-0.05, 0) is 48.9 Å². The van der Waals surface area contributed by atoms with Gasteiger partial charge in [0.05, 0.1) is 25.9 Å². The van der Waals surface area contributed by atoms with Gasteiger partial charge in [-0.3, -0.25) is 0 Å². The highest BCUT2D eigenvalue weighted by Crippen LogP contribution is 2.28.